The molecular weight excluding hydrogens is 489 g/mol. The lowest BCUT2D eigenvalue weighted by Crippen LogP contribution is -2.29. The van der Waals surface area contributed by atoms with Gasteiger partial charge < -0.3 is 10.2 Å². The molecule has 3 aromatic carbocycles. The van der Waals surface area contributed by atoms with E-state index in [-0.39, 0.29) is 18.7 Å². The van der Waals surface area contributed by atoms with Crippen LogP contribution in [0.5, 0.6) is 0 Å². The molecule has 186 valence electrons. The number of amides is 1. The van der Waals surface area contributed by atoms with Crippen molar-refractivity contribution in [2.75, 3.05) is 16.8 Å². The van der Waals surface area contributed by atoms with E-state index < -0.39 is 17.6 Å². The van der Waals surface area contributed by atoms with E-state index in [1.54, 1.807) is 12.1 Å². The van der Waals surface area contributed by atoms with Crippen LogP contribution in [0.3, 0.4) is 0 Å². The number of nitrogens with zero attached hydrogens (tertiary/aromatic N) is 3. The van der Waals surface area contributed by atoms with Crippen LogP contribution in [0.4, 0.5) is 24.7 Å². The first-order valence-electron chi connectivity index (χ1n) is 11.4. The summed E-state index contributed by atoms with van der Waals surface area (Å²) in [6.45, 7) is 2.73. The largest absolute Gasteiger partial charge is 0.416 e. The Balaban J connectivity index is 1.60. The van der Waals surface area contributed by atoms with Crippen LogP contribution in [0.25, 0.3) is 10.9 Å². The van der Waals surface area contributed by atoms with Crippen LogP contribution in [-0.2, 0) is 23.9 Å². The highest BCUT2D eigenvalue weighted by Gasteiger charge is 2.30. The maximum Gasteiger partial charge on any atom is 0.416 e. The van der Waals surface area contributed by atoms with E-state index in [1.165, 1.54) is 12.1 Å². The number of aromatic nitrogens is 2. The normalized spacial score (nSPS) is 11.5. The van der Waals surface area contributed by atoms with Gasteiger partial charge in [-0.25, -0.2) is 9.97 Å². The lowest BCUT2D eigenvalue weighted by Gasteiger charge is -2.25. The van der Waals surface area contributed by atoms with E-state index in [0.29, 0.717) is 35.1 Å². The first-order valence-corrected chi connectivity index (χ1v) is 11.8. The number of hydrogen-bond acceptors (Lipinski definition) is 4. The van der Waals surface area contributed by atoms with Gasteiger partial charge in [0, 0.05) is 42.0 Å². The minimum Gasteiger partial charge on any atom is -0.351 e. The zero-order valence-electron chi connectivity index (χ0n) is 19.5. The minimum atomic E-state index is -4.48. The van der Waals surface area contributed by atoms with Crippen molar-refractivity contribution in [3.63, 3.8) is 0 Å². The Morgan fingerprint density at radius 1 is 1.00 bits per heavy atom. The summed E-state index contributed by atoms with van der Waals surface area (Å²) in [4.78, 5) is 24.1. The zero-order valence-corrected chi connectivity index (χ0v) is 20.3. The summed E-state index contributed by atoms with van der Waals surface area (Å²) in [6, 6.07) is 19.8. The molecule has 1 amide bonds. The number of anilines is 2. The summed E-state index contributed by atoms with van der Waals surface area (Å²) in [6.07, 6.45) is -3.82. The van der Waals surface area contributed by atoms with Crippen molar-refractivity contribution >= 4 is 39.9 Å². The summed E-state index contributed by atoms with van der Waals surface area (Å²) in [5.41, 5.74) is 1.01. The number of halogens is 4. The molecule has 1 heterocycles. The Morgan fingerprint density at radius 3 is 2.50 bits per heavy atom. The SMILES string of the molecule is CCc1nc(N(CCC(=O)Nc2cccc(C(F)(F)F)c2)Cc2ccccc2)c2ccc(Cl)cc2n1. The van der Waals surface area contributed by atoms with Gasteiger partial charge in [0.05, 0.1) is 11.1 Å². The minimum absolute atomic E-state index is 0.0453. The lowest BCUT2D eigenvalue weighted by molar-refractivity contribution is -0.137. The highest BCUT2D eigenvalue weighted by atomic mass is 35.5. The van der Waals surface area contributed by atoms with Crippen LogP contribution >= 0.6 is 11.6 Å². The second-order valence-electron chi connectivity index (χ2n) is 8.26. The third kappa shape index (κ3) is 6.31. The average molecular weight is 513 g/mol. The summed E-state index contributed by atoms with van der Waals surface area (Å²) in [5.74, 6) is 0.917. The number of hydrogen-bond donors (Lipinski definition) is 1. The number of fused-ring (bicyclic) bond motifs is 1. The number of benzene rings is 3. The van der Waals surface area contributed by atoms with Crippen LogP contribution in [0.2, 0.25) is 5.02 Å². The summed E-state index contributed by atoms with van der Waals surface area (Å²) in [5, 5.41) is 3.93. The average Bonchev–Trinajstić information content (AvgIpc) is 2.86. The monoisotopic (exact) mass is 512 g/mol. The molecule has 0 saturated heterocycles. The molecular formula is C27H24ClF3N4O. The van der Waals surface area contributed by atoms with Crippen molar-refractivity contribution < 1.29 is 18.0 Å². The van der Waals surface area contributed by atoms with Crippen molar-refractivity contribution in [2.24, 2.45) is 0 Å². The molecule has 36 heavy (non-hydrogen) atoms. The highest BCUT2D eigenvalue weighted by Crippen LogP contribution is 2.31. The Labute approximate surface area is 211 Å². The smallest absolute Gasteiger partial charge is 0.351 e. The summed E-state index contributed by atoms with van der Waals surface area (Å²) in [7, 11) is 0. The van der Waals surface area contributed by atoms with Gasteiger partial charge in [-0.05, 0) is 42.0 Å². The molecule has 9 heteroatoms. The third-order valence-corrected chi connectivity index (χ3v) is 5.83. The molecule has 1 aromatic heterocycles. The second-order valence-corrected chi connectivity index (χ2v) is 8.70. The lowest BCUT2D eigenvalue weighted by atomic mass is 10.1. The van der Waals surface area contributed by atoms with Gasteiger partial charge in [0.2, 0.25) is 5.91 Å². The fraction of sp³-hybridized carbons (Fsp3) is 0.222. The molecule has 0 fully saturated rings. The predicted octanol–water partition coefficient (Wildman–Crippen LogP) is 6.90. The molecule has 0 unspecified atom stereocenters. The van der Waals surface area contributed by atoms with Crippen LogP contribution < -0.4 is 10.2 Å². The quantitative estimate of drug-likeness (QED) is 0.279. The molecule has 0 aliphatic rings. The molecule has 0 aliphatic heterocycles. The first kappa shape index (κ1) is 25.4. The number of carbonyl (C=O) groups excluding carboxylic acids is 1. The van der Waals surface area contributed by atoms with Crippen molar-refractivity contribution in [3.8, 4) is 0 Å². The van der Waals surface area contributed by atoms with Crippen LogP contribution in [0.15, 0.2) is 72.8 Å². The highest BCUT2D eigenvalue weighted by molar-refractivity contribution is 6.31. The topological polar surface area (TPSA) is 58.1 Å². The molecule has 0 aliphatic carbocycles. The molecule has 4 rings (SSSR count). The fourth-order valence-corrected chi connectivity index (χ4v) is 4.00. The van der Waals surface area contributed by atoms with Gasteiger partial charge in [-0.3, -0.25) is 4.79 Å². The number of rotatable bonds is 8. The van der Waals surface area contributed by atoms with Gasteiger partial charge in [0.1, 0.15) is 11.6 Å². The maximum absolute atomic E-state index is 13.0. The maximum atomic E-state index is 13.0. The molecule has 0 spiro atoms. The van der Waals surface area contributed by atoms with Gasteiger partial charge in [0.25, 0.3) is 0 Å². The molecule has 4 aromatic rings. The Bertz CT molecular complexity index is 1360. The molecule has 0 radical (unpaired) electrons. The second kappa shape index (κ2) is 11.0. The van der Waals surface area contributed by atoms with Crippen molar-refractivity contribution in [3.05, 3.63) is 94.8 Å². The van der Waals surface area contributed by atoms with Gasteiger partial charge in [-0.15, -0.1) is 0 Å². The van der Waals surface area contributed by atoms with Gasteiger partial charge in [-0.1, -0.05) is 54.9 Å². The summed E-state index contributed by atoms with van der Waals surface area (Å²) < 4.78 is 39.1. The van der Waals surface area contributed by atoms with E-state index in [2.05, 4.69) is 10.3 Å². The van der Waals surface area contributed by atoms with Crippen LogP contribution in [0.1, 0.15) is 30.3 Å². The Morgan fingerprint density at radius 2 is 1.78 bits per heavy atom. The number of alkyl halides is 3. The van der Waals surface area contributed by atoms with E-state index in [9.17, 15) is 18.0 Å². The number of aryl methyl sites for hydroxylation is 1. The number of carbonyl (C=O) groups is 1. The summed E-state index contributed by atoms with van der Waals surface area (Å²) >= 11 is 6.20. The van der Waals surface area contributed by atoms with Gasteiger partial charge in [-0.2, -0.15) is 13.2 Å². The van der Waals surface area contributed by atoms with Crippen LogP contribution in [0, 0.1) is 0 Å². The molecule has 0 saturated carbocycles. The molecule has 0 bridgehead atoms. The first-order chi connectivity index (χ1) is 17.2. The van der Waals surface area contributed by atoms with Gasteiger partial charge >= 0.3 is 6.18 Å². The van der Waals surface area contributed by atoms with E-state index in [0.717, 1.165) is 23.1 Å². The molecule has 0 atom stereocenters. The Hall–Kier alpha value is -3.65. The predicted molar refractivity (Wildman–Crippen MR) is 136 cm³/mol. The van der Waals surface area contributed by atoms with Crippen molar-refractivity contribution in [1.29, 1.82) is 0 Å². The van der Waals surface area contributed by atoms with E-state index in [1.807, 2.05) is 48.2 Å². The zero-order chi connectivity index (χ0) is 25.7. The van der Waals surface area contributed by atoms with E-state index >= 15 is 0 Å². The Kier molecular flexibility index (Phi) is 7.74. The standard InChI is InChI=1S/C27H24ClF3N4O/c1-2-24-33-23-16-20(28)11-12-22(23)26(34-24)35(17-18-7-4-3-5-8-18)14-13-25(36)32-21-10-6-9-19(15-21)27(29,30)31/h3-12,15-16H,2,13-14,17H2,1H3,(H,32,36). The molecule has 5 nitrogen and oxygen atoms in total. The van der Waals surface area contributed by atoms with Crippen LogP contribution in [-0.4, -0.2) is 22.4 Å². The van der Waals surface area contributed by atoms with Gasteiger partial charge in [0.15, 0.2) is 0 Å². The molecule has 1 N–H and O–H groups in total. The van der Waals surface area contributed by atoms with Crippen molar-refractivity contribution in [1.82, 2.24) is 9.97 Å². The van der Waals surface area contributed by atoms with E-state index in [4.69, 9.17) is 16.6 Å². The van der Waals surface area contributed by atoms with Crippen molar-refractivity contribution in [2.45, 2.75) is 32.5 Å². The third-order valence-electron chi connectivity index (χ3n) is 5.60. The fourth-order valence-electron chi connectivity index (χ4n) is 3.83. The number of nitrogens with one attached hydrogen (secondary N) is 1.